The molecule has 1 rings (SSSR count). The molecule has 0 fully saturated rings. The highest BCUT2D eigenvalue weighted by Gasteiger charge is 2.17. The molecule has 2 amide bonds. The lowest BCUT2D eigenvalue weighted by atomic mass is 10.2. The third-order valence-electron chi connectivity index (χ3n) is 2.33. The number of hydrogen-bond donors (Lipinski definition) is 3. The number of hydrogen-bond acceptors (Lipinski definition) is 4. The molecule has 3 N–H and O–H groups in total. The van der Waals surface area contributed by atoms with Crippen molar-refractivity contribution in [1.29, 1.82) is 0 Å². The second kappa shape index (κ2) is 6.34. The van der Waals surface area contributed by atoms with Crippen LogP contribution in [0.4, 0.5) is 16.2 Å². The SMILES string of the molecule is CC[C@H](NC(=O)Nc1cccc([N+](=O)[O-])c1)C(=O)O. The molecule has 0 saturated carbocycles. The summed E-state index contributed by atoms with van der Waals surface area (Å²) in [7, 11) is 0. The Bertz CT molecular complexity index is 503. The van der Waals surface area contributed by atoms with E-state index in [0.717, 1.165) is 0 Å². The molecular formula is C11H13N3O5. The van der Waals surface area contributed by atoms with Gasteiger partial charge < -0.3 is 15.7 Å². The number of nitro benzene ring substituents is 1. The van der Waals surface area contributed by atoms with Crippen molar-refractivity contribution in [2.45, 2.75) is 19.4 Å². The monoisotopic (exact) mass is 267 g/mol. The second-order valence-corrected chi connectivity index (χ2v) is 3.70. The van der Waals surface area contributed by atoms with Crippen LogP contribution in [0.5, 0.6) is 0 Å². The average molecular weight is 267 g/mol. The zero-order chi connectivity index (χ0) is 14.4. The normalized spacial score (nSPS) is 11.4. The van der Waals surface area contributed by atoms with Crippen molar-refractivity contribution in [3.8, 4) is 0 Å². The van der Waals surface area contributed by atoms with Crippen molar-refractivity contribution in [2.24, 2.45) is 0 Å². The summed E-state index contributed by atoms with van der Waals surface area (Å²) in [6.45, 7) is 1.62. The highest BCUT2D eigenvalue weighted by Crippen LogP contribution is 2.16. The fraction of sp³-hybridized carbons (Fsp3) is 0.273. The van der Waals surface area contributed by atoms with Gasteiger partial charge in [-0.1, -0.05) is 13.0 Å². The second-order valence-electron chi connectivity index (χ2n) is 3.70. The minimum Gasteiger partial charge on any atom is -0.480 e. The zero-order valence-electron chi connectivity index (χ0n) is 10.1. The van der Waals surface area contributed by atoms with Crippen LogP contribution in [0.15, 0.2) is 24.3 Å². The molecule has 0 bridgehead atoms. The molecule has 0 radical (unpaired) electrons. The molecule has 0 heterocycles. The first-order valence-electron chi connectivity index (χ1n) is 5.48. The van der Waals surface area contributed by atoms with Gasteiger partial charge in [-0.25, -0.2) is 9.59 Å². The lowest BCUT2D eigenvalue weighted by Gasteiger charge is -2.13. The van der Waals surface area contributed by atoms with Crippen molar-refractivity contribution >= 4 is 23.4 Å². The predicted octanol–water partition coefficient (Wildman–Crippen LogP) is 1.58. The average Bonchev–Trinajstić information content (AvgIpc) is 2.35. The van der Waals surface area contributed by atoms with E-state index in [1.165, 1.54) is 24.3 Å². The highest BCUT2D eigenvalue weighted by molar-refractivity contribution is 5.92. The number of benzene rings is 1. The van der Waals surface area contributed by atoms with Crippen LogP contribution < -0.4 is 10.6 Å². The van der Waals surface area contributed by atoms with Crippen LogP contribution in [0.2, 0.25) is 0 Å². The van der Waals surface area contributed by atoms with Gasteiger partial charge in [0.2, 0.25) is 0 Å². The first kappa shape index (κ1) is 14.4. The minimum absolute atomic E-state index is 0.164. The standard InChI is InChI=1S/C11H13N3O5/c1-2-9(10(15)16)13-11(17)12-7-4-3-5-8(6-7)14(18)19/h3-6,9H,2H2,1H3,(H,15,16)(H2,12,13,17)/t9-/m0/s1. The molecule has 0 aromatic heterocycles. The Morgan fingerprint density at radius 1 is 1.47 bits per heavy atom. The molecule has 1 atom stereocenters. The number of rotatable bonds is 5. The van der Waals surface area contributed by atoms with E-state index in [1.807, 2.05) is 0 Å². The zero-order valence-corrected chi connectivity index (χ0v) is 10.1. The molecule has 1 aromatic rings. The number of nitrogens with zero attached hydrogens (tertiary/aromatic N) is 1. The predicted molar refractivity (Wildman–Crippen MR) is 67.0 cm³/mol. The van der Waals surface area contributed by atoms with Gasteiger partial charge in [-0.15, -0.1) is 0 Å². The topological polar surface area (TPSA) is 122 Å². The van der Waals surface area contributed by atoms with Crippen LogP contribution in [-0.2, 0) is 4.79 Å². The maximum atomic E-state index is 11.5. The molecule has 8 heteroatoms. The fourth-order valence-corrected chi connectivity index (χ4v) is 1.36. The van der Waals surface area contributed by atoms with E-state index in [4.69, 9.17) is 5.11 Å². The first-order valence-corrected chi connectivity index (χ1v) is 5.48. The van der Waals surface area contributed by atoms with Crippen LogP contribution in [0, 0.1) is 10.1 Å². The molecule has 0 aliphatic rings. The third kappa shape index (κ3) is 4.26. The summed E-state index contributed by atoms with van der Waals surface area (Å²) in [6.07, 6.45) is 0.234. The maximum Gasteiger partial charge on any atom is 0.326 e. The quantitative estimate of drug-likeness (QED) is 0.552. The van der Waals surface area contributed by atoms with Crippen molar-refractivity contribution in [1.82, 2.24) is 5.32 Å². The summed E-state index contributed by atoms with van der Waals surface area (Å²) < 4.78 is 0. The third-order valence-corrected chi connectivity index (χ3v) is 2.33. The number of carboxylic acid groups (broad SMARTS) is 1. The van der Waals surface area contributed by atoms with Crippen molar-refractivity contribution in [3.63, 3.8) is 0 Å². The fourth-order valence-electron chi connectivity index (χ4n) is 1.36. The molecule has 19 heavy (non-hydrogen) atoms. The number of nitro groups is 1. The van der Waals surface area contributed by atoms with E-state index < -0.39 is 23.0 Å². The molecule has 1 aromatic carbocycles. The summed E-state index contributed by atoms with van der Waals surface area (Å²) in [4.78, 5) is 32.2. The molecule has 0 saturated heterocycles. The van der Waals surface area contributed by atoms with E-state index in [0.29, 0.717) is 0 Å². The maximum absolute atomic E-state index is 11.5. The van der Waals surface area contributed by atoms with E-state index in [2.05, 4.69) is 10.6 Å². The smallest absolute Gasteiger partial charge is 0.326 e. The van der Waals surface area contributed by atoms with Crippen LogP contribution in [0.1, 0.15) is 13.3 Å². The van der Waals surface area contributed by atoms with Crippen LogP contribution >= 0.6 is 0 Å². The molecule has 8 nitrogen and oxygen atoms in total. The Hall–Kier alpha value is -2.64. The van der Waals surface area contributed by atoms with Gasteiger partial charge in [0.25, 0.3) is 5.69 Å². The summed E-state index contributed by atoms with van der Waals surface area (Å²) in [6, 6.07) is 3.63. The lowest BCUT2D eigenvalue weighted by Crippen LogP contribution is -2.42. The minimum atomic E-state index is -1.14. The Morgan fingerprint density at radius 3 is 2.68 bits per heavy atom. The first-order chi connectivity index (χ1) is 8.93. The van der Waals surface area contributed by atoms with E-state index in [1.54, 1.807) is 6.92 Å². The summed E-state index contributed by atoms with van der Waals surface area (Å²) in [5.41, 5.74) is 0.0509. The molecular weight excluding hydrogens is 254 g/mol. The molecule has 0 aliphatic heterocycles. The number of non-ortho nitro benzene ring substituents is 1. The summed E-state index contributed by atoms with van der Waals surface area (Å²) in [5, 5.41) is 23.9. The summed E-state index contributed by atoms with van der Waals surface area (Å²) >= 11 is 0. The van der Waals surface area contributed by atoms with Gasteiger partial charge in [0.1, 0.15) is 6.04 Å². The van der Waals surface area contributed by atoms with E-state index in [-0.39, 0.29) is 17.8 Å². The van der Waals surface area contributed by atoms with E-state index in [9.17, 15) is 19.7 Å². The van der Waals surface area contributed by atoms with Crippen LogP contribution in [0.25, 0.3) is 0 Å². The van der Waals surface area contributed by atoms with Gasteiger partial charge in [0.15, 0.2) is 0 Å². The van der Waals surface area contributed by atoms with Gasteiger partial charge in [-0.05, 0) is 12.5 Å². The Kier molecular flexibility index (Phi) is 4.81. The van der Waals surface area contributed by atoms with Gasteiger partial charge in [-0.3, -0.25) is 10.1 Å². The number of amides is 2. The van der Waals surface area contributed by atoms with Crippen LogP contribution in [0.3, 0.4) is 0 Å². The number of anilines is 1. The molecule has 0 spiro atoms. The number of carbonyl (C=O) groups excluding carboxylic acids is 1. The van der Waals surface area contributed by atoms with Gasteiger partial charge >= 0.3 is 12.0 Å². The molecule has 0 unspecified atom stereocenters. The number of urea groups is 1. The van der Waals surface area contributed by atoms with E-state index >= 15 is 0 Å². The van der Waals surface area contributed by atoms with Gasteiger partial charge in [0.05, 0.1) is 4.92 Å². The van der Waals surface area contributed by atoms with Gasteiger partial charge in [0, 0.05) is 17.8 Å². The van der Waals surface area contributed by atoms with Crippen molar-refractivity contribution < 1.29 is 19.6 Å². The lowest BCUT2D eigenvalue weighted by molar-refractivity contribution is -0.384. The number of nitrogens with one attached hydrogen (secondary N) is 2. The van der Waals surface area contributed by atoms with Crippen molar-refractivity contribution in [2.75, 3.05) is 5.32 Å². The van der Waals surface area contributed by atoms with Crippen LogP contribution in [-0.4, -0.2) is 28.1 Å². The van der Waals surface area contributed by atoms with Crippen molar-refractivity contribution in [3.05, 3.63) is 34.4 Å². The Labute approximate surface area is 108 Å². The Morgan fingerprint density at radius 2 is 2.16 bits per heavy atom. The molecule has 102 valence electrons. The molecule has 0 aliphatic carbocycles. The van der Waals surface area contributed by atoms with Gasteiger partial charge in [-0.2, -0.15) is 0 Å². The number of aliphatic carboxylic acids is 1. The highest BCUT2D eigenvalue weighted by atomic mass is 16.6. The number of carbonyl (C=O) groups is 2. The number of carboxylic acids is 1. The largest absolute Gasteiger partial charge is 0.480 e. The Balaban J connectivity index is 2.69. The summed E-state index contributed by atoms with van der Waals surface area (Å²) in [5.74, 6) is -1.14.